The summed E-state index contributed by atoms with van der Waals surface area (Å²) in [5.41, 5.74) is 3.43. The second-order valence-corrected chi connectivity index (χ2v) is 6.59. The number of rotatable bonds is 7. The minimum absolute atomic E-state index is 0.595. The highest BCUT2D eigenvalue weighted by Crippen LogP contribution is 2.14. The molecule has 0 spiro atoms. The van der Waals surface area contributed by atoms with Gasteiger partial charge in [0.05, 0.1) is 5.71 Å². The average Bonchev–Trinajstić information content (AvgIpc) is 2.69. The van der Waals surface area contributed by atoms with Gasteiger partial charge in [0.25, 0.3) is 0 Å². The molecule has 5 heteroatoms. The van der Waals surface area contributed by atoms with E-state index in [-0.39, 0.29) is 0 Å². The van der Waals surface area contributed by atoms with E-state index in [1.165, 1.54) is 5.56 Å². The molecule has 0 saturated carbocycles. The van der Waals surface area contributed by atoms with Crippen molar-refractivity contribution in [3.63, 3.8) is 0 Å². The van der Waals surface area contributed by atoms with Crippen LogP contribution in [0.1, 0.15) is 24.5 Å². The maximum absolute atomic E-state index is 5.36. The van der Waals surface area contributed by atoms with Crippen LogP contribution in [0.25, 0.3) is 0 Å². The summed E-state index contributed by atoms with van der Waals surface area (Å²) in [6.45, 7) is 9.79. The Morgan fingerprint density at radius 1 is 1.12 bits per heavy atom. The Labute approximate surface area is 156 Å². The average molecular weight is 352 g/mol. The first-order valence-electron chi connectivity index (χ1n) is 9.40. The van der Waals surface area contributed by atoms with Crippen molar-refractivity contribution < 1.29 is 4.84 Å². The number of aromatic nitrogens is 1. The normalized spacial score (nSPS) is 15.9. The number of anilines is 1. The third kappa shape index (κ3) is 5.05. The minimum Gasteiger partial charge on any atom is -0.396 e. The molecule has 26 heavy (non-hydrogen) atoms. The molecular formula is C21H28N4O. The van der Waals surface area contributed by atoms with Gasteiger partial charge in [0, 0.05) is 45.3 Å². The van der Waals surface area contributed by atoms with Gasteiger partial charge in [0.2, 0.25) is 0 Å². The predicted molar refractivity (Wildman–Crippen MR) is 107 cm³/mol. The first-order chi connectivity index (χ1) is 12.8. The molecule has 2 heterocycles. The quantitative estimate of drug-likeness (QED) is 0.566. The van der Waals surface area contributed by atoms with Crippen LogP contribution in [0, 0.1) is 6.92 Å². The summed E-state index contributed by atoms with van der Waals surface area (Å²) in [5, 5.41) is 4.37. The van der Waals surface area contributed by atoms with E-state index in [2.05, 4.69) is 57.2 Å². The molecular weight excluding hydrogens is 324 g/mol. The molecule has 0 unspecified atom stereocenters. The molecule has 1 aromatic heterocycles. The zero-order valence-electron chi connectivity index (χ0n) is 15.8. The fourth-order valence-corrected chi connectivity index (χ4v) is 3.22. The lowest BCUT2D eigenvalue weighted by molar-refractivity contribution is 0.157. The number of pyridine rings is 1. The molecule has 1 aliphatic heterocycles. The predicted octanol–water partition coefficient (Wildman–Crippen LogP) is 3.34. The van der Waals surface area contributed by atoms with Crippen LogP contribution in [0.2, 0.25) is 0 Å². The molecule has 0 amide bonds. The summed E-state index contributed by atoms with van der Waals surface area (Å²) in [6, 6.07) is 14.6. The number of aryl methyl sites for hydroxylation is 1. The number of hydrogen-bond donors (Lipinski definition) is 0. The Morgan fingerprint density at radius 2 is 1.96 bits per heavy atom. The zero-order chi connectivity index (χ0) is 18.2. The van der Waals surface area contributed by atoms with Crippen LogP contribution in [0.15, 0.2) is 53.8 Å². The van der Waals surface area contributed by atoms with Gasteiger partial charge in [-0.3, -0.25) is 4.90 Å². The van der Waals surface area contributed by atoms with Crippen molar-refractivity contribution in [1.82, 2.24) is 9.88 Å². The van der Waals surface area contributed by atoms with Crippen molar-refractivity contribution in [3.05, 3.63) is 59.8 Å². The SMILES string of the molecule is CCO/N=C(\CCN1CCN(c2ccccn2)CC1)c1cccc(C)c1. The second kappa shape index (κ2) is 9.34. The van der Waals surface area contributed by atoms with Crippen molar-refractivity contribution in [2.45, 2.75) is 20.3 Å². The van der Waals surface area contributed by atoms with Gasteiger partial charge in [-0.25, -0.2) is 4.98 Å². The molecule has 5 nitrogen and oxygen atoms in total. The molecule has 1 aromatic carbocycles. The van der Waals surface area contributed by atoms with E-state index in [0.717, 1.165) is 56.2 Å². The monoisotopic (exact) mass is 352 g/mol. The fourth-order valence-electron chi connectivity index (χ4n) is 3.22. The van der Waals surface area contributed by atoms with Crippen molar-refractivity contribution >= 4 is 11.5 Å². The summed E-state index contributed by atoms with van der Waals surface area (Å²) >= 11 is 0. The Bertz CT molecular complexity index is 709. The molecule has 2 aromatic rings. The van der Waals surface area contributed by atoms with E-state index in [4.69, 9.17) is 4.84 Å². The molecule has 1 aliphatic rings. The van der Waals surface area contributed by atoms with Crippen molar-refractivity contribution in [3.8, 4) is 0 Å². The number of hydrogen-bond acceptors (Lipinski definition) is 5. The zero-order valence-corrected chi connectivity index (χ0v) is 15.8. The Morgan fingerprint density at radius 3 is 2.65 bits per heavy atom. The van der Waals surface area contributed by atoms with Gasteiger partial charge >= 0.3 is 0 Å². The summed E-state index contributed by atoms with van der Waals surface area (Å²) in [4.78, 5) is 14.7. The first kappa shape index (κ1) is 18.4. The smallest absolute Gasteiger partial charge is 0.128 e. The first-order valence-corrected chi connectivity index (χ1v) is 9.40. The Balaban J connectivity index is 1.55. The molecule has 1 fully saturated rings. The molecule has 3 rings (SSSR count). The highest BCUT2D eigenvalue weighted by molar-refractivity contribution is 6.00. The lowest BCUT2D eigenvalue weighted by Gasteiger charge is -2.35. The van der Waals surface area contributed by atoms with Gasteiger partial charge in [0.1, 0.15) is 12.4 Å². The molecule has 1 saturated heterocycles. The molecule has 0 bridgehead atoms. The maximum Gasteiger partial charge on any atom is 0.128 e. The second-order valence-electron chi connectivity index (χ2n) is 6.59. The van der Waals surface area contributed by atoms with Gasteiger partial charge in [-0.15, -0.1) is 0 Å². The van der Waals surface area contributed by atoms with Gasteiger partial charge < -0.3 is 9.74 Å². The standard InChI is InChI=1S/C21H28N4O/c1-3-26-23-20(19-8-6-7-18(2)17-19)10-12-24-13-15-25(16-14-24)21-9-4-5-11-22-21/h4-9,11,17H,3,10,12-16H2,1-2H3/b23-20+. The summed E-state index contributed by atoms with van der Waals surface area (Å²) in [7, 11) is 0. The van der Waals surface area contributed by atoms with Crippen LogP contribution in [-0.4, -0.2) is 54.9 Å². The van der Waals surface area contributed by atoms with Gasteiger partial charge in [-0.2, -0.15) is 0 Å². The van der Waals surface area contributed by atoms with Crippen molar-refractivity contribution in [2.75, 3.05) is 44.2 Å². The molecule has 138 valence electrons. The summed E-state index contributed by atoms with van der Waals surface area (Å²) in [6.07, 6.45) is 2.76. The van der Waals surface area contributed by atoms with Crippen LogP contribution in [0.5, 0.6) is 0 Å². The Hall–Kier alpha value is -2.40. The highest BCUT2D eigenvalue weighted by Gasteiger charge is 2.18. The third-order valence-corrected chi connectivity index (χ3v) is 4.67. The van der Waals surface area contributed by atoms with E-state index in [9.17, 15) is 0 Å². The van der Waals surface area contributed by atoms with Crippen LogP contribution in [0.3, 0.4) is 0 Å². The van der Waals surface area contributed by atoms with Crippen LogP contribution >= 0.6 is 0 Å². The Kier molecular flexibility index (Phi) is 6.61. The number of nitrogens with zero attached hydrogens (tertiary/aromatic N) is 4. The molecule has 0 atom stereocenters. The highest BCUT2D eigenvalue weighted by atomic mass is 16.6. The van der Waals surface area contributed by atoms with Crippen LogP contribution in [-0.2, 0) is 4.84 Å². The lowest BCUT2D eigenvalue weighted by Crippen LogP contribution is -2.47. The van der Waals surface area contributed by atoms with E-state index < -0.39 is 0 Å². The summed E-state index contributed by atoms with van der Waals surface area (Å²) in [5.74, 6) is 1.07. The van der Waals surface area contributed by atoms with Gasteiger partial charge in [-0.1, -0.05) is 41.1 Å². The molecule has 0 N–H and O–H groups in total. The van der Waals surface area contributed by atoms with E-state index in [1.54, 1.807) is 0 Å². The molecule has 0 aliphatic carbocycles. The number of benzene rings is 1. The summed E-state index contributed by atoms with van der Waals surface area (Å²) < 4.78 is 0. The minimum atomic E-state index is 0.595. The van der Waals surface area contributed by atoms with Crippen molar-refractivity contribution in [2.24, 2.45) is 5.16 Å². The van der Waals surface area contributed by atoms with Crippen LogP contribution < -0.4 is 4.90 Å². The largest absolute Gasteiger partial charge is 0.396 e. The van der Waals surface area contributed by atoms with Crippen molar-refractivity contribution in [1.29, 1.82) is 0 Å². The van der Waals surface area contributed by atoms with E-state index in [0.29, 0.717) is 6.61 Å². The van der Waals surface area contributed by atoms with Gasteiger partial charge in [0.15, 0.2) is 0 Å². The topological polar surface area (TPSA) is 41.0 Å². The third-order valence-electron chi connectivity index (χ3n) is 4.67. The van der Waals surface area contributed by atoms with Crippen LogP contribution in [0.4, 0.5) is 5.82 Å². The fraction of sp³-hybridized carbons (Fsp3) is 0.429. The van der Waals surface area contributed by atoms with Gasteiger partial charge in [-0.05, 0) is 31.5 Å². The molecule has 0 radical (unpaired) electrons. The number of oxime groups is 1. The van der Waals surface area contributed by atoms with E-state index >= 15 is 0 Å². The maximum atomic E-state index is 5.36. The lowest BCUT2D eigenvalue weighted by atomic mass is 10.0. The van der Waals surface area contributed by atoms with E-state index in [1.807, 2.05) is 25.3 Å². The number of piperazine rings is 1.